The number of aliphatic hydroxyl groups excluding tert-OH is 2. The Labute approximate surface area is 360 Å². The first-order chi connectivity index (χ1) is 29.8. The molecule has 1 aliphatic heterocycles. The van der Waals surface area contributed by atoms with Crippen molar-refractivity contribution < 1.29 is 64.0 Å². The number of phenolic OH excluding ortho intramolecular Hbond substituents is 3. The van der Waals surface area contributed by atoms with E-state index in [0.717, 1.165) is 31.2 Å². The van der Waals surface area contributed by atoms with E-state index in [0.29, 0.717) is 18.4 Å². The number of benzene rings is 3. The van der Waals surface area contributed by atoms with Crippen LogP contribution in [0.1, 0.15) is 73.6 Å². The molecule has 3 fully saturated rings. The summed E-state index contributed by atoms with van der Waals surface area (Å²) in [4.78, 5) is 41.0. The van der Waals surface area contributed by atoms with Gasteiger partial charge in [0.15, 0.2) is 40.2 Å². The average molecular weight is 859 g/mol. The quantitative estimate of drug-likeness (QED) is 0.0622. The SMILES string of the molecule is NCCOc1ccc(/C=C/C(=O)CO[C@@]2(C(=O)O)C[C@@H](O)[C@H]3OC[C@@H](CCc4ccccc4)C[C@@H](C(=O)/C=C/c4cc(O)c(O)cc4CO)O[C@]3(CNC3CCCC3)C2)cc1O. The van der Waals surface area contributed by atoms with Gasteiger partial charge in [-0.3, -0.25) is 9.59 Å². The maximum atomic E-state index is 14.4. The van der Waals surface area contributed by atoms with Gasteiger partial charge in [0.1, 0.15) is 31.0 Å². The summed E-state index contributed by atoms with van der Waals surface area (Å²) in [7, 11) is 0. The number of aliphatic hydroxyl groups is 2. The fourth-order valence-corrected chi connectivity index (χ4v) is 8.73. The number of hydrogen-bond donors (Lipinski definition) is 8. The second-order valence-electron chi connectivity index (χ2n) is 16.5. The van der Waals surface area contributed by atoms with Gasteiger partial charge in [-0.2, -0.15) is 0 Å². The van der Waals surface area contributed by atoms with Gasteiger partial charge >= 0.3 is 5.97 Å². The van der Waals surface area contributed by atoms with Crippen molar-refractivity contribution in [3.8, 4) is 23.0 Å². The molecule has 9 N–H and O–H groups in total. The van der Waals surface area contributed by atoms with Crippen LogP contribution in [0.4, 0.5) is 0 Å². The van der Waals surface area contributed by atoms with E-state index in [1.165, 1.54) is 48.6 Å². The van der Waals surface area contributed by atoms with E-state index in [-0.39, 0.29) is 73.7 Å². The van der Waals surface area contributed by atoms with Crippen molar-refractivity contribution in [2.45, 2.75) is 100.0 Å². The van der Waals surface area contributed by atoms with Gasteiger partial charge in [-0.05, 0) is 96.7 Å². The van der Waals surface area contributed by atoms with Crippen molar-refractivity contribution in [1.82, 2.24) is 5.32 Å². The van der Waals surface area contributed by atoms with Crippen molar-refractivity contribution in [2.24, 2.45) is 11.7 Å². The maximum Gasteiger partial charge on any atom is 0.336 e. The number of aryl methyl sites for hydroxylation is 1. The molecular weight excluding hydrogens is 801 g/mol. The lowest BCUT2D eigenvalue weighted by atomic mass is 9.70. The van der Waals surface area contributed by atoms with Crippen LogP contribution in [-0.4, -0.2) is 117 Å². The van der Waals surface area contributed by atoms with Crippen LogP contribution >= 0.6 is 0 Å². The van der Waals surface area contributed by atoms with Crippen molar-refractivity contribution in [3.05, 3.63) is 95.1 Å². The maximum absolute atomic E-state index is 14.4. The fourth-order valence-electron chi connectivity index (χ4n) is 8.73. The molecular formula is C47H58N2O13. The van der Waals surface area contributed by atoms with Crippen LogP contribution in [0.25, 0.3) is 12.2 Å². The Balaban J connectivity index is 1.30. The van der Waals surface area contributed by atoms with Gasteiger partial charge in [0.05, 0.1) is 19.3 Å². The van der Waals surface area contributed by atoms with E-state index in [1.54, 1.807) is 6.07 Å². The zero-order chi connectivity index (χ0) is 44.3. The van der Waals surface area contributed by atoms with Crippen LogP contribution in [0.15, 0.2) is 72.8 Å². The molecule has 1 saturated heterocycles. The first kappa shape index (κ1) is 46.4. The van der Waals surface area contributed by atoms with Crippen LogP contribution < -0.4 is 15.8 Å². The Morgan fingerprint density at radius 3 is 2.42 bits per heavy atom. The van der Waals surface area contributed by atoms with Gasteiger partial charge in [0.25, 0.3) is 0 Å². The number of carboxylic acid groups (broad SMARTS) is 1. The van der Waals surface area contributed by atoms with Crippen LogP contribution in [0.2, 0.25) is 0 Å². The Morgan fingerprint density at radius 2 is 1.71 bits per heavy atom. The molecule has 0 radical (unpaired) electrons. The highest BCUT2D eigenvalue weighted by molar-refractivity contribution is 5.97. The molecule has 2 aliphatic carbocycles. The summed E-state index contributed by atoms with van der Waals surface area (Å²) in [6.45, 7) is -0.546. The van der Waals surface area contributed by atoms with E-state index in [2.05, 4.69) is 5.32 Å². The number of nitrogens with two attached hydrogens (primary N) is 1. The summed E-state index contributed by atoms with van der Waals surface area (Å²) in [5.41, 5.74) is 3.80. The molecule has 62 heavy (non-hydrogen) atoms. The zero-order valence-electron chi connectivity index (χ0n) is 34.7. The van der Waals surface area contributed by atoms with Crippen LogP contribution in [0.3, 0.4) is 0 Å². The number of carbonyl (C=O) groups is 3. The predicted molar refractivity (Wildman–Crippen MR) is 228 cm³/mol. The Kier molecular flexibility index (Phi) is 15.9. The van der Waals surface area contributed by atoms with E-state index < -0.39 is 78.2 Å². The van der Waals surface area contributed by atoms with E-state index in [9.17, 15) is 45.0 Å². The van der Waals surface area contributed by atoms with Gasteiger partial charge in [0, 0.05) is 32.0 Å². The second kappa shape index (κ2) is 21.3. The third-order valence-corrected chi connectivity index (χ3v) is 12.0. The number of nitrogens with one attached hydrogen (secondary N) is 1. The van der Waals surface area contributed by atoms with Gasteiger partial charge in [-0.25, -0.2) is 4.79 Å². The minimum absolute atomic E-state index is 0.00276. The van der Waals surface area contributed by atoms with Crippen LogP contribution in [0.5, 0.6) is 23.0 Å². The lowest BCUT2D eigenvalue weighted by Crippen LogP contribution is -2.70. The Morgan fingerprint density at radius 1 is 0.952 bits per heavy atom. The number of carboxylic acids is 1. The number of fused-ring (bicyclic) bond motifs is 1. The van der Waals surface area contributed by atoms with E-state index in [4.69, 9.17) is 24.7 Å². The highest BCUT2D eigenvalue weighted by Crippen LogP contribution is 2.45. The summed E-state index contributed by atoms with van der Waals surface area (Å²) in [6, 6.07) is 16.9. The number of rotatable bonds is 19. The third-order valence-electron chi connectivity index (χ3n) is 12.0. The van der Waals surface area contributed by atoms with E-state index >= 15 is 0 Å². The molecule has 0 bridgehead atoms. The lowest BCUT2D eigenvalue weighted by molar-refractivity contribution is -0.269. The van der Waals surface area contributed by atoms with Crippen molar-refractivity contribution in [3.63, 3.8) is 0 Å². The largest absolute Gasteiger partial charge is 0.504 e. The Bertz CT molecular complexity index is 2070. The molecule has 0 aromatic heterocycles. The number of phenols is 3. The summed E-state index contributed by atoms with van der Waals surface area (Å²) in [5, 5.41) is 66.9. The fraction of sp³-hybridized carbons (Fsp3) is 0.468. The number of carbonyl (C=O) groups excluding carboxylic acids is 2. The summed E-state index contributed by atoms with van der Waals surface area (Å²) in [5.74, 6) is -3.51. The van der Waals surface area contributed by atoms with Gasteiger partial charge in [0.2, 0.25) is 0 Å². The molecule has 15 heteroatoms. The number of hydrogen-bond acceptors (Lipinski definition) is 14. The molecule has 15 nitrogen and oxygen atoms in total. The molecule has 3 aromatic rings. The molecule has 0 spiro atoms. The standard InChI is InChI=1S/C47H58N2O13/c48-18-19-59-42-17-13-31(20-40(42)55)12-15-36(51)27-61-46(45(57)58)24-41(56)44-47(28-46,29-49-35-8-4-5-9-35)62-43(21-32(26-60-44)11-10-30-6-2-1-3-7-30)37(52)16-14-33-22-38(53)39(54)23-34(33)25-50/h1-3,6-7,12-17,20,22-23,32,35,41,43-44,49-50,53-56H,4-5,8-11,18-19,21,24-29,48H2,(H,57,58)/b15-12+,16-14+/t32-,41+,43-,44+,46-,47-/m0/s1. The highest BCUT2D eigenvalue weighted by Gasteiger charge is 2.61. The van der Waals surface area contributed by atoms with Gasteiger partial charge in [-0.1, -0.05) is 61.4 Å². The second-order valence-corrected chi connectivity index (χ2v) is 16.5. The number of ketones is 2. The predicted octanol–water partition coefficient (Wildman–Crippen LogP) is 4.19. The minimum atomic E-state index is -2.14. The molecule has 334 valence electrons. The molecule has 2 saturated carbocycles. The lowest BCUT2D eigenvalue weighted by Gasteiger charge is -2.54. The van der Waals surface area contributed by atoms with Crippen molar-refractivity contribution >= 4 is 29.7 Å². The van der Waals surface area contributed by atoms with E-state index in [1.807, 2.05) is 30.3 Å². The number of aliphatic carboxylic acids is 1. The molecule has 1 heterocycles. The van der Waals surface area contributed by atoms with Crippen molar-refractivity contribution in [2.75, 3.05) is 32.9 Å². The third kappa shape index (κ3) is 11.7. The number of aromatic hydroxyl groups is 3. The monoisotopic (exact) mass is 858 g/mol. The summed E-state index contributed by atoms with van der Waals surface area (Å²) >= 11 is 0. The summed E-state index contributed by atoms with van der Waals surface area (Å²) in [6.07, 6.45) is 5.98. The molecule has 6 rings (SSSR count). The molecule has 0 unspecified atom stereocenters. The van der Waals surface area contributed by atoms with Crippen molar-refractivity contribution in [1.29, 1.82) is 0 Å². The molecule has 3 aliphatic rings. The highest BCUT2D eigenvalue weighted by atomic mass is 16.6. The summed E-state index contributed by atoms with van der Waals surface area (Å²) < 4.78 is 24.9. The minimum Gasteiger partial charge on any atom is -0.504 e. The molecule has 6 atom stereocenters. The molecule has 3 aromatic carbocycles. The Hall–Kier alpha value is -5.13. The average Bonchev–Trinajstić information content (AvgIpc) is 3.79. The normalized spacial score (nSPS) is 25.7. The number of ether oxygens (including phenoxy) is 4. The topological polar surface area (TPSA) is 248 Å². The van der Waals surface area contributed by atoms with Gasteiger partial charge < -0.3 is 60.6 Å². The van der Waals surface area contributed by atoms with Crippen LogP contribution in [0, 0.1) is 5.92 Å². The first-order valence-electron chi connectivity index (χ1n) is 21.2. The van der Waals surface area contributed by atoms with Gasteiger partial charge in [-0.15, -0.1) is 0 Å². The smallest absolute Gasteiger partial charge is 0.336 e. The molecule has 0 amide bonds. The first-order valence-corrected chi connectivity index (χ1v) is 21.2. The van der Waals surface area contributed by atoms with Crippen LogP contribution in [-0.2, 0) is 41.6 Å². The zero-order valence-corrected chi connectivity index (χ0v) is 34.7.